The molecule has 0 aliphatic carbocycles. The van der Waals surface area contributed by atoms with E-state index in [1.807, 2.05) is 32.9 Å². The summed E-state index contributed by atoms with van der Waals surface area (Å²) in [5.74, 6) is -0.00504. The second kappa shape index (κ2) is 15.3. The van der Waals surface area contributed by atoms with E-state index in [2.05, 4.69) is 6.58 Å². The molecule has 0 saturated carbocycles. The van der Waals surface area contributed by atoms with Gasteiger partial charge in [0.1, 0.15) is 17.1 Å². The van der Waals surface area contributed by atoms with Crippen molar-refractivity contribution in [2.45, 2.75) is 46.7 Å². The van der Waals surface area contributed by atoms with Gasteiger partial charge in [0.05, 0.1) is 19.2 Å². The molecule has 7 nitrogen and oxygen atoms in total. The zero-order valence-corrected chi connectivity index (χ0v) is 23.5. The normalized spacial score (nSPS) is 11.3. The highest BCUT2D eigenvalue weighted by Crippen LogP contribution is 2.18. The van der Waals surface area contributed by atoms with Crippen molar-refractivity contribution in [1.82, 2.24) is 14.0 Å². The van der Waals surface area contributed by atoms with E-state index < -0.39 is 5.82 Å². The van der Waals surface area contributed by atoms with Gasteiger partial charge in [-0.1, -0.05) is 56.4 Å². The van der Waals surface area contributed by atoms with Crippen LogP contribution < -0.4 is 10.4 Å². The number of hydrogen-bond acceptors (Lipinski definition) is 4. The molecule has 0 aliphatic rings. The molecule has 0 unspecified atom stereocenters. The highest BCUT2D eigenvalue weighted by molar-refractivity contribution is 5.94. The molecule has 8 heteroatoms. The Bertz CT molecular complexity index is 1400. The maximum Gasteiger partial charge on any atom is 0.253 e. The lowest BCUT2D eigenvalue weighted by Gasteiger charge is -2.17. The molecule has 0 aliphatic heterocycles. The number of hydrogen-bond donors (Lipinski definition) is 1. The van der Waals surface area contributed by atoms with Crippen LogP contribution in [0.4, 0.5) is 4.39 Å². The Hall–Kier alpha value is -4.20. The van der Waals surface area contributed by atoms with Crippen molar-refractivity contribution in [2.75, 3.05) is 20.7 Å². The summed E-state index contributed by atoms with van der Waals surface area (Å²) in [7, 11) is 3.28. The van der Waals surface area contributed by atoms with Crippen LogP contribution in [-0.4, -0.2) is 46.4 Å². The number of fused-ring (bicyclic) bond motifs is 1. The molecular formula is C31H39FN4O3. The number of ketones is 1. The van der Waals surface area contributed by atoms with Gasteiger partial charge in [0, 0.05) is 32.1 Å². The fraction of sp³-hybridized carbons (Fsp3) is 0.323. The summed E-state index contributed by atoms with van der Waals surface area (Å²) in [6.45, 7) is 10.3. The molecule has 3 aromatic rings. The van der Waals surface area contributed by atoms with Crippen LogP contribution in [0.15, 0.2) is 78.9 Å². The number of halogens is 1. The first-order valence-corrected chi connectivity index (χ1v) is 13.1. The van der Waals surface area contributed by atoms with Gasteiger partial charge >= 0.3 is 0 Å². The lowest BCUT2D eigenvalue weighted by atomic mass is 10.2. The molecule has 0 bridgehead atoms. The van der Waals surface area contributed by atoms with Crippen molar-refractivity contribution in [3.63, 3.8) is 0 Å². The molecule has 2 aromatic carbocycles. The third-order valence-corrected chi connectivity index (χ3v) is 6.04. The van der Waals surface area contributed by atoms with Crippen molar-refractivity contribution in [1.29, 1.82) is 5.41 Å². The maximum atomic E-state index is 14.8. The van der Waals surface area contributed by atoms with E-state index in [0.717, 1.165) is 5.57 Å². The van der Waals surface area contributed by atoms with Gasteiger partial charge in [-0.25, -0.2) is 4.39 Å². The third-order valence-electron chi connectivity index (χ3n) is 6.04. The summed E-state index contributed by atoms with van der Waals surface area (Å²) in [6, 6.07) is 11.5. The standard InChI is InChI=1S/C29H33FN4O3.C2H6/c1-5-9-21(2)10-6-11-23(35)20-34-26-13-7-12-25(30)27(26)33(29(34)31)19-8-18-32(3)28(36)22-14-16-24(37-4)17-15-22;1-2/h5-7,9-10,12-17,31H,1,8,11,18-20H2,2-4H3;1-2H3/b10-6-,21-9-,31-29?;. The Labute approximate surface area is 230 Å². The number of Topliss-reactive ketones (excluding diaryl/α,β-unsaturated/α-hetero) is 1. The average Bonchev–Trinajstić information content (AvgIpc) is 3.20. The Morgan fingerprint density at radius 1 is 1.13 bits per heavy atom. The van der Waals surface area contributed by atoms with E-state index in [-0.39, 0.29) is 35.8 Å². The molecular weight excluding hydrogens is 495 g/mol. The van der Waals surface area contributed by atoms with Gasteiger partial charge in [-0.3, -0.25) is 15.0 Å². The van der Waals surface area contributed by atoms with Crippen LogP contribution in [0.5, 0.6) is 5.75 Å². The fourth-order valence-electron chi connectivity index (χ4n) is 4.11. The monoisotopic (exact) mass is 534 g/mol. The SMILES string of the molecule is C=C/C=C(C)\C=C/CC(=O)Cn1c(=N)n(CCCN(C)C(=O)c2ccc(OC)cc2)c2c(F)cccc21.CC. The number of amides is 1. The van der Waals surface area contributed by atoms with Crippen LogP contribution in [0.2, 0.25) is 0 Å². The van der Waals surface area contributed by atoms with Gasteiger partial charge in [0.2, 0.25) is 5.62 Å². The highest BCUT2D eigenvalue weighted by Gasteiger charge is 2.17. The van der Waals surface area contributed by atoms with Crippen molar-refractivity contribution < 1.29 is 18.7 Å². The summed E-state index contributed by atoms with van der Waals surface area (Å²) < 4.78 is 23.1. The van der Waals surface area contributed by atoms with Crippen LogP contribution in [-0.2, 0) is 17.9 Å². The molecule has 3 rings (SSSR count). The van der Waals surface area contributed by atoms with Crippen LogP contribution in [0.3, 0.4) is 0 Å². The predicted octanol–water partition coefficient (Wildman–Crippen LogP) is 5.91. The van der Waals surface area contributed by atoms with Gasteiger partial charge in [-0.2, -0.15) is 0 Å². The number of imidazole rings is 1. The Morgan fingerprint density at radius 2 is 1.82 bits per heavy atom. The first-order chi connectivity index (χ1) is 18.8. The zero-order valence-electron chi connectivity index (χ0n) is 23.5. The number of carbonyl (C=O) groups is 2. The van der Waals surface area contributed by atoms with E-state index in [4.69, 9.17) is 10.1 Å². The van der Waals surface area contributed by atoms with Crippen molar-refractivity contribution >= 4 is 22.7 Å². The summed E-state index contributed by atoms with van der Waals surface area (Å²) >= 11 is 0. The number of carbonyl (C=O) groups excluding carboxylic acids is 2. The number of ether oxygens (including phenoxy) is 1. The Kier molecular flexibility index (Phi) is 12.1. The molecule has 0 fully saturated rings. The smallest absolute Gasteiger partial charge is 0.253 e. The number of benzene rings is 2. The number of rotatable bonds is 12. The van der Waals surface area contributed by atoms with Gasteiger partial charge in [-0.15, -0.1) is 0 Å². The van der Waals surface area contributed by atoms with Gasteiger partial charge in [-0.05, 0) is 49.7 Å². The minimum absolute atomic E-state index is 0.0315. The van der Waals surface area contributed by atoms with Gasteiger partial charge in [0.15, 0.2) is 5.78 Å². The summed E-state index contributed by atoms with van der Waals surface area (Å²) in [5.41, 5.74) is 2.34. The largest absolute Gasteiger partial charge is 0.497 e. The molecule has 1 heterocycles. The van der Waals surface area contributed by atoms with Crippen LogP contribution in [0, 0.1) is 11.2 Å². The quantitative estimate of drug-likeness (QED) is 0.294. The summed E-state index contributed by atoms with van der Waals surface area (Å²) in [6.07, 6.45) is 7.86. The Balaban J connectivity index is 0.00000260. The first kappa shape index (κ1) is 31.0. The average molecular weight is 535 g/mol. The highest BCUT2D eigenvalue weighted by atomic mass is 19.1. The maximum absolute atomic E-state index is 14.8. The van der Waals surface area contributed by atoms with Crippen molar-refractivity contribution in [3.8, 4) is 5.75 Å². The summed E-state index contributed by atoms with van der Waals surface area (Å²) in [5, 5.41) is 8.68. The zero-order chi connectivity index (χ0) is 28.9. The molecule has 0 atom stereocenters. The number of methoxy groups -OCH3 is 1. The molecule has 0 spiro atoms. The first-order valence-electron chi connectivity index (χ1n) is 13.1. The van der Waals surface area contributed by atoms with Crippen LogP contribution >= 0.6 is 0 Å². The van der Waals surface area contributed by atoms with Crippen molar-refractivity contribution in [3.05, 3.63) is 95.9 Å². The number of para-hydroxylation sites is 1. The fourth-order valence-corrected chi connectivity index (χ4v) is 4.11. The van der Waals surface area contributed by atoms with Crippen LogP contribution in [0.1, 0.15) is 44.0 Å². The minimum atomic E-state index is -0.454. The number of aryl methyl sites for hydroxylation is 1. The molecule has 1 amide bonds. The molecule has 1 aromatic heterocycles. The van der Waals surface area contributed by atoms with Gasteiger partial charge < -0.3 is 18.8 Å². The molecule has 1 N–H and O–H groups in total. The lowest BCUT2D eigenvalue weighted by Crippen LogP contribution is -2.30. The van der Waals surface area contributed by atoms with E-state index in [9.17, 15) is 14.0 Å². The molecule has 39 heavy (non-hydrogen) atoms. The predicted molar refractivity (Wildman–Crippen MR) is 154 cm³/mol. The topological polar surface area (TPSA) is 80.3 Å². The minimum Gasteiger partial charge on any atom is -0.497 e. The van der Waals surface area contributed by atoms with Gasteiger partial charge in [0.25, 0.3) is 5.91 Å². The molecule has 0 saturated heterocycles. The van der Waals surface area contributed by atoms with E-state index in [1.54, 1.807) is 72.2 Å². The van der Waals surface area contributed by atoms with E-state index in [0.29, 0.717) is 36.3 Å². The molecule has 208 valence electrons. The van der Waals surface area contributed by atoms with E-state index >= 15 is 0 Å². The lowest BCUT2D eigenvalue weighted by molar-refractivity contribution is -0.118. The Morgan fingerprint density at radius 3 is 2.46 bits per heavy atom. The summed E-state index contributed by atoms with van der Waals surface area (Å²) in [4.78, 5) is 27.0. The number of allylic oxidation sites excluding steroid dienone is 5. The van der Waals surface area contributed by atoms with Crippen LogP contribution in [0.25, 0.3) is 11.0 Å². The third kappa shape index (κ3) is 8.14. The second-order valence-electron chi connectivity index (χ2n) is 8.77. The van der Waals surface area contributed by atoms with E-state index in [1.165, 1.54) is 10.6 Å². The van der Waals surface area contributed by atoms with Crippen molar-refractivity contribution in [2.24, 2.45) is 0 Å². The molecule has 0 radical (unpaired) electrons. The second-order valence-corrected chi connectivity index (χ2v) is 8.77. The number of aromatic nitrogens is 2. The number of nitrogens with zero attached hydrogens (tertiary/aromatic N) is 3. The number of nitrogens with one attached hydrogen (secondary N) is 1.